The minimum Gasteiger partial charge on any atom is -0.464 e. The lowest BCUT2D eigenvalue weighted by Gasteiger charge is -1.99. The van der Waals surface area contributed by atoms with E-state index in [9.17, 15) is 0 Å². The summed E-state index contributed by atoms with van der Waals surface area (Å²) in [4.78, 5) is 0. The molecule has 0 amide bonds. The third-order valence-corrected chi connectivity index (χ3v) is 2.10. The molecule has 2 aromatic rings. The third kappa shape index (κ3) is 0.900. The minimum absolute atomic E-state index is 0.193. The Bertz CT molecular complexity index is 418. The van der Waals surface area contributed by atoms with E-state index < -0.39 is 0 Å². The van der Waals surface area contributed by atoms with Crippen LogP contribution in [0.15, 0.2) is 28.9 Å². The molecule has 1 aromatic carbocycles. The molecule has 1 aliphatic heterocycles. The fraction of sp³-hybridized carbons (Fsp3) is 0.200. The van der Waals surface area contributed by atoms with E-state index in [0.717, 1.165) is 22.5 Å². The van der Waals surface area contributed by atoms with E-state index in [0.29, 0.717) is 0 Å². The van der Waals surface area contributed by atoms with Crippen molar-refractivity contribution in [1.82, 2.24) is 0 Å². The van der Waals surface area contributed by atoms with Gasteiger partial charge >= 0.3 is 0 Å². The standard InChI is InChI=1S/C10H8O3/c1-6-12-9-4-7-2-3-11-8(7)5-10(9)13-6/h2-6H,1H3. The molecule has 0 saturated heterocycles. The van der Waals surface area contributed by atoms with Crippen molar-refractivity contribution in [1.29, 1.82) is 0 Å². The van der Waals surface area contributed by atoms with Crippen molar-refractivity contribution in [3.05, 3.63) is 24.5 Å². The van der Waals surface area contributed by atoms with Crippen LogP contribution in [-0.2, 0) is 0 Å². The molecule has 0 bridgehead atoms. The van der Waals surface area contributed by atoms with Crippen LogP contribution in [0, 0.1) is 0 Å². The predicted octanol–water partition coefficient (Wildman–Crippen LogP) is 2.55. The zero-order valence-electron chi connectivity index (χ0n) is 7.11. The van der Waals surface area contributed by atoms with Gasteiger partial charge in [0.1, 0.15) is 5.58 Å². The maximum atomic E-state index is 5.42. The van der Waals surface area contributed by atoms with Crippen molar-refractivity contribution in [2.75, 3.05) is 0 Å². The van der Waals surface area contributed by atoms with Crippen LogP contribution in [0.3, 0.4) is 0 Å². The van der Waals surface area contributed by atoms with Crippen molar-refractivity contribution in [2.24, 2.45) is 0 Å². The lowest BCUT2D eigenvalue weighted by Crippen LogP contribution is -2.11. The number of rotatable bonds is 0. The quantitative estimate of drug-likeness (QED) is 0.618. The molecule has 0 saturated carbocycles. The highest BCUT2D eigenvalue weighted by atomic mass is 16.7. The highest BCUT2D eigenvalue weighted by Gasteiger charge is 2.21. The van der Waals surface area contributed by atoms with Crippen LogP contribution in [0.25, 0.3) is 11.0 Å². The number of hydrogen-bond donors (Lipinski definition) is 0. The first-order chi connectivity index (χ1) is 6.33. The first-order valence-electron chi connectivity index (χ1n) is 4.17. The molecule has 13 heavy (non-hydrogen) atoms. The zero-order valence-corrected chi connectivity index (χ0v) is 7.11. The Labute approximate surface area is 74.9 Å². The van der Waals surface area contributed by atoms with Crippen LogP contribution in [0.2, 0.25) is 0 Å². The van der Waals surface area contributed by atoms with Gasteiger partial charge in [-0.05, 0) is 12.1 Å². The smallest absolute Gasteiger partial charge is 0.238 e. The minimum atomic E-state index is -0.193. The Morgan fingerprint density at radius 3 is 2.77 bits per heavy atom. The van der Waals surface area contributed by atoms with Gasteiger partial charge in [-0.3, -0.25) is 0 Å². The summed E-state index contributed by atoms with van der Waals surface area (Å²) in [7, 11) is 0. The fourth-order valence-corrected chi connectivity index (χ4v) is 1.54. The molecule has 66 valence electrons. The summed E-state index contributed by atoms with van der Waals surface area (Å²) in [5.74, 6) is 1.55. The number of ether oxygens (including phenoxy) is 2. The first kappa shape index (κ1) is 6.83. The van der Waals surface area contributed by atoms with Crippen LogP contribution in [0.1, 0.15) is 6.92 Å². The van der Waals surface area contributed by atoms with Gasteiger partial charge < -0.3 is 13.9 Å². The molecule has 3 rings (SSSR count). The second kappa shape index (κ2) is 2.19. The molecule has 0 spiro atoms. The van der Waals surface area contributed by atoms with Crippen molar-refractivity contribution in [2.45, 2.75) is 13.2 Å². The summed E-state index contributed by atoms with van der Waals surface area (Å²) in [6, 6.07) is 5.69. The summed E-state index contributed by atoms with van der Waals surface area (Å²) >= 11 is 0. The van der Waals surface area contributed by atoms with Gasteiger partial charge in [-0.1, -0.05) is 0 Å². The first-order valence-corrected chi connectivity index (χ1v) is 4.17. The monoisotopic (exact) mass is 176 g/mol. The molecule has 3 heteroatoms. The van der Waals surface area contributed by atoms with E-state index in [1.54, 1.807) is 6.26 Å². The van der Waals surface area contributed by atoms with Gasteiger partial charge in [-0.15, -0.1) is 0 Å². The van der Waals surface area contributed by atoms with E-state index in [1.807, 2.05) is 25.1 Å². The maximum absolute atomic E-state index is 5.42. The molecule has 1 aromatic heterocycles. The molecule has 2 heterocycles. The van der Waals surface area contributed by atoms with Crippen LogP contribution in [-0.4, -0.2) is 6.29 Å². The molecular weight excluding hydrogens is 168 g/mol. The van der Waals surface area contributed by atoms with Gasteiger partial charge in [0.05, 0.1) is 6.26 Å². The molecule has 0 aliphatic carbocycles. The van der Waals surface area contributed by atoms with Gasteiger partial charge in [0.25, 0.3) is 0 Å². The Balaban J connectivity index is 2.27. The Morgan fingerprint density at radius 2 is 1.92 bits per heavy atom. The zero-order chi connectivity index (χ0) is 8.84. The lowest BCUT2D eigenvalue weighted by atomic mass is 10.2. The molecule has 0 fully saturated rings. The SMILES string of the molecule is CC1Oc2cc3ccoc3cc2O1. The van der Waals surface area contributed by atoms with Gasteiger partial charge in [0.2, 0.25) is 6.29 Å². The van der Waals surface area contributed by atoms with Gasteiger partial charge in [0, 0.05) is 18.4 Å². The van der Waals surface area contributed by atoms with E-state index in [2.05, 4.69) is 0 Å². The van der Waals surface area contributed by atoms with E-state index in [4.69, 9.17) is 13.9 Å². The lowest BCUT2D eigenvalue weighted by molar-refractivity contribution is 0.0679. The van der Waals surface area contributed by atoms with Crippen LogP contribution < -0.4 is 9.47 Å². The molecule has 1 atom stereocenters. The Kier molecular flexibility index (Phi) is 1.15. The van der Waals surface area contributed by atoms with Crippen molar-refractivity contribution in [3.8, 4) is 11.5 Å². The van der Waals surface area contributed by atoms with E-state index >= 15 is 0 Å². The Hall–Kier alpha value is -1.64. The largest absolute Gasteiger partial charge is 0.464 e. The molecule has 0 radical (unpaired) electrons. The summed E-state index contributed by atoms with van der Waals surface area (Å²) in [5, 5.41) is 1.04. The summed E-state index contributed by atoms with van der Waals surface area (Å²) in [6.07, 6.45) is 1.46. The molecule has 1 aliphatic rings. The number of hydrogen-bond acceptors (Lipinski definition) is 3. The van der Waals surface area contributed by atoms with Crippen molar-refractivity contribution >= 4 is 11.0 Å². The van der Waals surface area contributed by atoms with Crippen LogP contribution >= 0.6 is 0 Å². The Morgan fingerprint density at radius 1 is 1.15 bits per heavy atom. The second-order valence-electron chi connectivity index (χ2n) is 3.06. The summed E-state index contributed by atoms with van der Waals surface area (Å²) in [5.41, 5.74) is 0.830. The van der Waals surface area contributed by atoms with Crippen molar-refractivity contribution in [3.63, 3.8) is 0 Å². The van der Waals surface area contributed by atoms with Crippen LogP contribution in [0.4, 0.5) is 0 Å². The highest BCUT2D eigenvalue weighted by molar-refractivity contribution is 5.81. The summed E-state index contributed by atoms with van der Waals surface area (Å²) in [6.45, 7) is 1.86. The summed E-state index contributed by atoms with van der Waals surface area (Å²) < 4.78 is 16.1. The number of furan rings is 1. The highest BCUT2D eigenvalue weighted by Crippen LogP contribution is 2.38. The van der Waals surface area contributed by atoms with Crippen molar-refractivity contribution < 1.29 is 13.9 Å². The van der Waals surface area contributed by atoms with E-state index in [1.165, 1.54) is 0 Å². The molecule has 0 N–H and O–H groups in total. The van der Waals surface area contributed by atoms with E-state index in [-0.39, 0.29) is 6.29 Å². The molecule has 1 unspecified atom stereocenters. The molecular formula is C10H8O3. The maximum Gasteiger partial charge on any atom is 0.238 e. The topological polar surface area (TPSA) is 31.6 Å². The normalized spacial score (nSPS) is 19.6. The van der Waals surface area contributed by atoms with Crippen LogP contribution in [0.5, 0.6) is 11.5 Å². The molecule has 3 nitrogen and oxygen atoms in total. The average Bonchev–Trinajstić information content (AvgIpc) is 2.63. The second-order valence-corrected chi connectivity index (χ2v) is 3.06. The average molecular weight is 176 g/mol. The third-order valence-electron chi connectivity index (χ3n) is 2.10. The van der Waals surface area contributed by atoms with Gasteiger partial charge in [-0.2, -0.15) is 0 Å². The fourth-order valence-electron chi connectivity index (χ4n) is 1.54. The van der Waals surface area contributed by atoms with Gasteiger partial charge in [0.15, 0.2) is 11.5 Å². The number of benzene rings is 1. The van der Waals surface area contributed by atoms with Gasteiger partial charge in [-0.25, -0.2) is 0 Å². The predicted molar refractivity (Wildman–Crippen MR) is 46.9 cm³/mol. The number of fused-ring (bicyclic) bond motifs is 2.